The molecule has 0 aliphatic rings. The molecule has 0 saturated heterocycles. The largest absolute Gasteiger partial charge is 0.494 e. The summed E-state index contributed by atoms with van der Waals surface area (Å²) in [6.07, 6.45) is 0. The van der Waals surface area contributed by atoms with Crippen LogP contribution < -0.4 is 10.1 Å². The molecule has 1 unspecified atom stereocenters. The molecule has 1 heterocycles. The minimum absolute atomic E-state index is 0.210. The molecule has 6 heteroatoms. The summed E-state index contributed by atoms with van der Waals surface area (Å²) in [5, 5.41) is 10.0. The summed E-state index contributed by atoms with van der Waals surface area (Å²) in [6, 6.07) is 16.3. The van der Waals surface area contributed by atoms with Crippen molar-refractivity contribution in [2.75, 3.05) is 6.61 Å². The molecule has 1 amide bonds. The van der Waals surface area contributed by atoms with Crippen LogP contribution in [0.2, 0.25) is 0 Å². The van der Waals surface area contributed by atoms with E-state index in [0.29, 0.717) is 29.6 Å². The number of H-pyrrole nitrogens is 1. The molecule has 2 aromatic carbocycles. The van der Waals surface area contributed by atoms with E-state index in [-0.39, 0.29) is 5.91 Å². The van der Waals surface area contributed by atoms with E-state index in [1.165, 1.54) is 0 Å². The number of carbonyl (C=O) groups excluding carboxylic acids is 1. The average molecular weight is 336 g/mol. The number of carbonyl (C=O) groups is 1. The number of hydrogen-bond donors (Lipinski definition) is 2. The van der Waals surface area contributed by atoms with Crippen LogP contribution in [0.4, 0.5) is 0 Å². The molecule has 25 heavy (non-hydrogen) atoms. The number of aromatic amines is 1. The Morgan fingerprint density at radius 1 is 1.20 bits per heavy atom. The second kappa shape index (κ2) is 7.61. The summed E-state index contributed by atoms with van der Waals surface area (Å²) in [4.78, 5) is 17.1. The lowest BCUT2D eigenvalue weighted by atomic mass is 10.1. The summed E-state index contributed by atoms with van der Waals surface area (Å²) >= 11 is 0. The summed E-state index contributed by atoms with van der Waals surface area (Å²) in [7, 11) is 0. The predicted molar refractivity (Wildman–Crippen MR) is 94.5 cm³/mol. The summed E-state index contributed by atoms with van der Waals surface area (Å²) in [5.41, 5.74) is 1.44. The maximum absolute atomic E-state index is 12.7. The van der Waals surface area contributed by atoms with Crippen LogP contribution in [0, 0.1) is 6.92 Å². The molecule has 2 N–H and O–H groups in total. The smallest absolute Gasteiger partial charge is 0.252 e. The molecule has 0 bridgehead atoms. The maximum Gasteiger partial charge on any atom is 0.252 e. The lowest BCUT2D eigenvalue weighted by Gasteiger charge is -2.16. The highest BCUT2D eigenvalue weighted by Crippen LogP contribution is 2.20. The lowest BCUT2D eigenvalue weighted by molar-refractivity contribution is 0.0941. The standard InChI is InChI=1S/C19H20N4O2/c1-3-25-16-11-7-10-15(12-16)19(24)21-17(14-8-5-4-6-9-14)18-20-13(2)22-23-18/h4-12,17H,3H2,1-2H3,(H,21,24)(H,20,22,23). The van der Waals surface area contributed by atoms with Crippen molar-refractivity contribution < 1.29 is 9.53 Å². The van der Waals surface area contributed by atoms with Gasteiger partial charge in [0.2, 0.25) is 0 Å². The molecule has 1 aromatic heterocycles. The first-order valence-electron chi connectivity index (χ1n) is 8.15. The van der Waals surface area contributed by atoms with Gasteiger partial charge in [-0.2, -0.15) is 5.10 Å². The number of aryl methyl sites for hydroxylation is 1. The Hall–Kier alpha value is -3.15. The summed E-state index contributed by atoms with van der Waals surface area (Å²) in [6.45, 7) is 4.28. The normalized spacial score (nSPS) is 11.8. The minimum Gasteiger partial charge on any atom is -0.494 e. The van der Waals surface area contributed by atoms with E-state index in [2.05, 4.69) is 20.5 Å². The molecule has 0 aliphatic carbocycles. The highest BCUT2D eigenvalue weighted by molar-refractivity contribution is 5.95. The molecule has 3 aromatic rings. The Morgan fingerprint density at radius 2 is 2.00 bits per heavy atom. The molecule has 0 radical (unpaired) electrons. The number of rotatable bonds is 6. The van der Waals surface area contributed by atoms with Crippen LogP contribution in [0.15, 0.2) is 54.6 Å². The second-order valence-electron chi connectivity index (χ2n) is 5.56. The Bertz CT molecular complexity index is 845. The zero-order valence-corrected chi connectivity index (χ0v) is 14.2. The van der Waals surface area contributed by atoms with Crippen LogP contribution in [0.25, 0.3) is 0 Å². The number of amides is 1. The molecule has 0 fully saturated rings. The fraction of sp³-hybridized carbons (Fsp3) is 0.211. The highest BCUT2D eigenvalue weighted by Gasteiger charge is 2.21. The fourth-order valence-corrected chi connectivity index (χ4v) is 2.54. The molecule has 1 atom stereocenters. The summed E-state index contributed by atoms with van der Waals surface area (Å²) in [5.74, 6) is 1.68. The number of aromatic nitrogens is 3. The molecular formula is C19H20N4O2. The first-order chi connectivity index (χ1) is 12.2. The predicted octanol–water partition coefficient (Wildman–Crippen LogP) is 3.03. The fourth-order valence-electron chi connectivity index (χ4n) is 2.54. The lowest BCUT2D eigenvalue weighted by Crippen LogP contribution is -2.30. The van der Waals surface area contributed by atoms with E-state index in [0.717, 1.165) is 5.56 Å². The van der Waals surface area contributed by atoms with Crippen LogP contribution in [0.3, 0.4) is 0 Å². The van der Waals surface area contributed by atoms with Crippen molar-refractivity contribution in [1.29, 1.82) is 0 Å². The van der Waals surface area contributed by atoms with Gasteiger partial charge in [-0.1, -0.05) is 36.4 Å². The van der Waals surface area contributed by atoms with Crippen molar-refractivity contribution in [2.45, 2.75) is 19.9 Å². The first-order valence-corrected chi connectivity index (χ1v) is 8.15. The van der Waals surface area contributed by atoms with E-state index in [9.17, 15) is 4.79 Å². The number of benzene rings is 2. The molecule has 0 aliphatic heterocycles. The van der Waals surface area contributed by atoms with Crippen LogP contribution in [-0.4, -0.2) is 27.7 Å². The third-order valence-corrected chi connectivity index (χ3v) is 3.69. The first kappa shape index (κ1) is 16.7. The Balaban J connectivity index is 1.87. The van der Waals surface area contributed by atoms with Gasteiger partial charge in [-0.05, 0) is 37.6 Å². The Labute approximate surface area is 146 Å². The Morgan fingerprint density at radius 3 is 2.68 bits per heavy atom. The van der Waals surface area contributed by atoms with Crippen molar-refractivity contribution in [3.05, 3.63) is 77.4 Å². The molecule has 0 saturated carbocycles. The van der Waals surface area contributed by atoms with Crippen LogP contribution in [-0.2, 0) is 0 Å². The van der Waals surface area contributed by atoms with E-state index in [1.54, 1.807) is 18.2 Å². The van der Waals surface area contributed by atoms with E-state index in [4.69, 9.17) is 4.74 Å². The topological polar surface area (TPSA) is 79.9 Å². The van der Waals surface area contributed by atoms with Gasteiger partial charge < -0.3 is 10.1 Å². The second-order valence-corrected chi connectivity index (χ2v) is 5.56. The van der Waals surface area contributed by atoms with Crippen molar-refractivity contribution in [3.8, 4) is 5.75 Å². The number of hydrogen-bond acceptors (Lipinski definition) is 4. The van der Waals surface area contributed by atoms with Crippen molar-refractivity contribution in [1.82, 2.24) is 20.5 Å². The van der Waals surface area contributed by atoms with Crippen molar-refractivity contribution in [3.63, 3.8) is 0 Å². The third-order valence-electron chi connectivity index (χ3n) is 3.69. The van der Waals surface area contributed by atoms with E-state index in [1.807, 2.05) is 50.2 Å². The zero-order chi connectivity index (χ0) is 17.6. The average Bonchev–Trinajstić information content (AvgIpc) is 3.07. The van der Waals surface area contributed by atoms with Gasteiger partial charge in [-0.25, -0.2) is 4.98 Å². The Kier molecular flexibility index (Phi) is 5.09. The number of nitrogens with one attached hydrogen (secondary N) is 2. The van der Waals surface area contributed by atoms with Crippen molar-refractivity contribution in [2.24, 2.45) is 0 Å². The van der Waals surface area contributed by atoms with Gasteiger partial charge in [-0.3, -0.25) is 9.89 Å². The highest BCUT2D eigenvalue weighted by atomic mass is 16.5. The molecule has 0 spiro atoms. The van der Waals surface area contributed by atoms with Crippen LogP contribution >= 0.6 is 0 Å². The van der Waals surface area contributed by atoms with Gasteiger partial charge in [0.05, 0.1) is 6.61 Å². The van der Waals surface area contributed by atoms with Crippen LogP contribution in [0.5, 0.6) is 5.75 Å². The van der Waals surface area contributed by atoms with Gasteiger partial charge >= 0.3 is 0 Å². The SMILES string of the molecule is CCOc1cccc(C(=O)NC(c2ccccc2)c2n[nH]c(C)n2)c1. The van der Waals surface area contributed by atoms with E-state index >= 15 is 0 Å². The van der Waals surface area contributed by atoms with E-state index < -0.39 is 6.04 Å². The van der Waals surface area contributed by atoms with Gasteiger partial charge in [0.15, 0.2) is 5.82 Å². The van der Waals surface area contributed by atoms with Gasteiger partial charge in [-0.15, -0.1) is 0 Å². The number of ether oxygens (including phenoxy) is 1. The van der Waals surface area contributed by atoms with Crippen molar-refractivity contribution >= 4 is 5.91 Å². The molecular weight excluding hydrogens is 316 g/mol. The quantitative estimate of drug-likeness (QED) is 0.725. The molecule has 128 valence electrons. The summed E-state index contributed by atoms with van der Waals surface area (Å²) < 4.78 is 5.46. The van der Waals surface area contributed by atoms with Gasteiger partial charge in [0, 0.05) is 5.56 Å². The molecule has 3 rings (SSSR count). The third kappa shape index (κ3) is 4.03. The minimum atomic E-state index is -0.436. The maximum atomic E-state index is 12.7. The van der Waals surface area contributed by atoms with Gasteiger partial charge in [0.1, 0.15) is 17.6 Å². The molecule has 6 nitrogen and oxygen atoms in total. The monoisotopic (exact) mass is 336 g/mol. The van der Waals surface area contributed by atoms with Crippen LogP contribution in [0.1, 0.15) is 40.5 Å². The van der Waals surface area contributed by atoms with Gasteiger partial charge in [0.25, 0.3) is 5.91 Å². The number of nitrogens with zero attached hydrogens (tertiary/aromatic N) is 2. The zero-order valence-electron chi connectivity index (χ0n) is 14.2.